The zero-order chi connectivity index (χ0) is 16.4. The molecule has 1 fully saturated rings. The molecule has 1 aromatic heterocycles. The molecule has 0 radical (unpaired) electrons. The standard InChI is InChI=1S/C17H23N5O/c1-13-4-6-15(7-5-13)10-22-9-8-21(12-17(22)23)11-16-18-14(2)19-20(16)3/h4-7H,8-12H2,1-3H3. The number of amides is 1. The first-order valence-electron chi connectivity index (χ1n) is 7.93. The molecule has 6 nitrogen and oxygen atoms in total. The van der Waals surface area contributed by atoms with E-state index in [2.05, 4.69) is 46.2 Å². The van der Waals surface area contributed by atoms with E-state index < -0.39 is 0 Å². The van der Waals surface area contributed by atoms with E-state index >= 15 is 0 Å². The number of carbonyl (C=O) groups excluding carboxylic acids is 1. The highest BCUT2D eigenvalue weighted by atomic mass is 16.2. The Kier molecular flexibility index (Phi) is 4.43. The van der Waals surface area contributed by atoms with Gasteiger partial charge in [0.15, 0.2) is 0 Å². The number of aryl methyl sites for hydroxylation is 3. The average molecular weight is 313 g/mol. The van der Waals surface area contributed by atoms with E-state index in [-0.39, 0.29) is 5.91 Å². The Morgan fingerprint density at radius 3 is 2.43 bits per heavy atom. The Labute approximate surface area is 136 Å². The molecule has 0 spiro atoms. The van der Waals surface area contributed by atoms with Crippen molar-refractivity contribution in [3.05, 3.63) is 47.0 Å². The Balaban J connectivity index is 1.58. The molecule has 1 saturated heterocycles. The van der Waals surface area contributed by atoms with Gasteiger partial charge in [0.05, 0.1) is 13.1 Å². The van der Waals surface area contributed by atoms with Gasteiger partial charge in [0, 0.05) is 26.7 Å². The van der Waals surface area contributed by atoms with Crippen LogP contribution < -0.4 is 0 Å². The molecular weight excluding hydrogens is 290 g/mol. The zero-order valence-corrected chi connectivity index (χ0v) is 14.0. The topological polar surface area (TPSA) is 54.3 Å². The summed E-state index contributed by atoms with van der Waals surface area (Å²) in [6.07, 6.45) is 0. The van der Waals surface area contributed by atoms with E-state index in [1.807, 2.05) is 18.9 Å². The van der Waals surface area contributed by atoms with Crippen LogP contribution >= 0.6 is 0 Å². The summed E-state index contributed by atoms with van der Waals surface area (Å²) in [5.41, 5.74) is 2.42. The normalized spacial score (nSPS) is 16.1. The number of carbonyl (C=O) groups is 1. The van der Waals surface area contributed by atoms with E-state index in [4.69, 9.17) is 0 Å². The van der Waals surface area contributed by atoms with Gasteiger partial charge in [-0.2, -0.15) is 5.10 Å². The third kappa shape index (κ3) is 3.76. The second-order valence-electron chi connectivity index (χ2n) is 6.21. The third-order valence-corrected chi connectivity index (χ3v) is 4.22. The van der Waals surface area contributed by atoms with Gasteiger partial charge < -0.3 is 4.90 Å². The second-order valence-corrected chi connectivity index (χ2v) is 6.21. The van der Waals surface area contributed by atoms with Crippen LogP contribution in [0.25, 0.3) is 0 Å². The Morgan fingerprint density at radius 2 is 1.83 bits per heavy atom. The van der Waals surface area contributed by atoms with E-state index in [0.29, 0.717) is 19.6 Å². The van der Waals surface area contributed by atoms with Crippen molar-refractivity contribution in [3.8, 4) is 0 Å². The third-order valence-electron chi connectivity index (χ3n) is 4.22. The van der Waals surface area contributed by atoms with Gasteiger partial charge in [0.2, 0.25) is 5.91 Å². The van der Waals surface area contributed by atoms with Crippen molar-refractivity contribution in [3.63, 3.8) is 0 Å². The molecule has 0 atom stereocenters. The number of aromatic nitrogens is 3. The quantitative estimate of drug-likeness (QED) is 0.853. The fourth-order valence-corrected chi connectivity index (χ4v) is 2.87. The van der Waals surface area contributed by atoms with Crippen LogP contribution in [0.5, 0.6) is 0 Å². The van der Waals surface area contributed by atoms with Crippen LogP contribution in [0.1, 0.15) is 22.8 Å². The van der Waals surface area contributed by atoms with Crippen LogP contribution in [-0.2, 0) is 24.9 Å². The molecule has 0 saturated carbocycles. The molecule has 23 heavy (non-hydrogen) atoms. The fraction of sp³-hybridized carbons (Fsp3) is 0.471. The van der Waals surface area contributed by atoms with Gasteiger partial charge in [0.25, 0.3) is 0 Å². The minimum Gasteiger partial charge on any atom is -0.336 e. The Bertz CT molecular complexity index is 692. The maximum atomic E-state index is 12.4. The molecule has 0 unspecified atom stereocenters. The van der Waals surface area contributed by atoms with Crippen molar-refractivity contribution in [2.24, 2.45) is 7.05 Å². The molecule has 3 rings (SSSR count). The van der Waals surface area contributed by atoms with Crippen LogP contribution in [0.3, 0.4) is 0 Å². The van der Waals surface area contributed by atoms with Crippen molar-refractivity contribution in [1.82, 2.24) is 24.6 Å². The summed E-state index contributed by atoms with van der Waals surface area (Å²) in [5.74, 6) is 1.85. The number of hydrogen-bond acceptors (Lipinski definition) is 4. The summed E-state index contributed by atoms with van der Waals surface area (Å²) in [6, 6.07) is 8.37. The van der Waals surface area contributed by atoms with Gasteiger partial charge >= 0.3 is 0 Å². The predicted molar refractivity (Wildman–Crippen MR) is 87.6 cm³/mol. The number of hydrogen-bond donors (Lipinski definition) is 0. The maximum absolute atomic E-state index is 12.4. The minimum absolute atomic E-state index is 0.177. The number of nitrogens with zero attached hydrogens (tertiary/aromatic N) is 5. The lowest BCUT2D eigenvalue weighted by Crippen LogP contribution is -2.49. The average Bonchev–Trinajstić information content (AvgIpc) is 2.82. The van der Waals surface area contributed by atoms with E-state index in [9.17, 15) is 4.79 Å². The smallest absolute Gasteiger partial charge is 0.237 e. The molecule has 1 aliphatic rings. The summed E-state index contributed by atoms with van der Waals surface area (Å²) >= 11 is 0. The highest BCUT2D eigenvalue weighted by molar-refractivity contribution is 5.79. The molecule has 1 aliphatic heterocycles. The molecule has 2 heterocycles. The number of benzene rings is 1. The molecule has 0 aliphatic carbocycles. The predicted octanol–water partition coefficient (Wildman–Crippen LogP) is 1.28. The molecule has 0 N–H and O–H groups in total. The van der Waals surface area contributed by atoms with Gasteiger partial charge in [-0.1, -0.05) is 29.8 Å². The van der Waals surface area contributed by atoms with Gasteiger partial charge in [-0.25, -0.2) is 4.98 Å². The van der Waals surface area contributed by atoms with Crippen molar-refractivity contribution < 1.29 is 4.79 Å². The molecule has 122 valence electrons. The van der Waals surface area contributed by atoms with Crippen molar-refractivity contribution in [2.45, 2.75) is 26.9 Å². The zero-order valence-electron chi connectivity index (χ0n) is 14.0. The monoisotopic (exact) mass is 313 g/mol. The summed E-state index contributed by atoms with van der Waals surface area (Å²) < 4.78 is 1.79. The highest BCUT2D eigenvalue weighted by Gasteiger charge is 2.25. The van der Waals surface area contributed by atoms with Crippen molar-refractivity contribution in [1.29, 1.82) is 0 Å². The van der Waals surface area contributed by atoms with Gasteiger partial charge in [-0.05, 0) is 19.4 Å². The number of piperazine rings is 1. The first-order chi connectivity index (χ1) is 11.0. The summed E-state index contributed by atoms with van der Waals surface area (Å²) in [5, 5.41) is 4.26. The van der Waals surface area contributed by atoms with Crippen LogP contribution in [-0.4, -0.2) is 50.1 Å². The van der Waals surface area contributed by atoms with Crippen molar-refractivity contribution >= 4 is 5.91 Å². The van der Waals surface area contributed by atoms with Crippen LogP contribution in [0, 0.1) is 13.8 Å². The van der Waals surface area contributed by atoms with Gasteiger partial charge in [-0.3, -0.25) is 14.4 Å². The second kappa shape index (κ2) is 6.50. The van der Waals surface area contributed by atoms with Crippen LogP contribution in [0.15, 0.2) is 24.3 Å². The summed E-state index contributed by atoms with van der Waals surface area (Å²) in [6.45, 7) is 7.37. The van der Waals surface area contributed by atoms with Crippen LogP contribution in [0.4, 0.5) is 0 Å². The molecule has 1 aromatic carbocycles. The highest BCUT2D eigenvalue weighted by Crippen LogP contribution is 2.12. The lowest BCUT2D eigenvalue weighted by molar-refractivity contribution is -0.136. The molecule has 0 bridgehead atoms. The Morgan fingerprint density at radius 1 is 1.09 bits per heavy atom. The first kappa shape index (κ1) is 15.7. The molecule has 6 heteroatoms. The SMILES string of the molecule is Cc1ccc(CN2CCN(Cc3nc(C)nn3C)CC2=O)cc1. The minimum atomic E-state index is 0.177. The van der Waals surface area contributed by atoms with Gasteiger partial charge in [-0.15, -0.1) is 0 Å². The summed E-state index contributed by atoms with van der Waals surface area (Å²) in [7, 11) is 1.89. The molecular formula is C17H23N5O. The van der Waals surface area contributed by atoms with Crippen LogP contribution in [0.2, 0.25) is 0 Å². The molecule has 1 amide bonds. The Hall–Kier alpha value is -2.21. The summed E-state index contributed by atoms with van der Waals surface area (Å²) in [4.78, 5) is 20.9. The number of rotatable bonds is 4. The first-order valence-corrected chi connectivity index (χ1v) is 7.93. The van der Waals surface area contributed by atoms with Gasteiger partial charge in [0.1, 0.15) is 11.6 Å². The van der Waals surface area contributed by atoms with Crippen molar-refractivity contribution in [2.75, 3.05) is 19.6 Å². The lowest BCUT2D eigenvalue weighted by Gasteiger charge is -2.34. The lowest BCUT2D eigenvalue weighted by atomic mass is 10.1. The van der Waals surface area contributed by atoms with E-state index in [0.717, 1.165) is 24.7 Å². The molecule has 2 aromatic rings. The van der Waals surface area contributed by atoms with E-state index in [1.54, 1.807) is 4.68 Å². The van der Waals surface area contributed by atoms with E-state index in [1.165, 1.54) is 11.1 Å². The fourth-order valence-electron chi connectivity index (χ4n) is 2.87. The largest absolute Gasteiger partial charge is 0.336 e. The maximum Gasteiger partial charge on any atom is 0.237 e.